The molecule has 2 nitrogen and oxygen atoms in total. The van der Waals surface area contributed by atoms with E-state index < -0.39 is 11.6 Å². The van der Waals surface area contributed by atoms with Crippen LogP contribution in [0.25, 0.3) is 22.3 Å². The number of halogens is 3. The number of hydrogen-bond donors (Lipinski definition) is 0. The van der Waals surface area contributed by atoms with Crippen molar-refractivity contribution in [2.24, 2.45) is 0 Å². The Labute approximate surface area is 199 Å². The fourth-order valence-corrected chi connectivity index (χ4v) is 4.25. The van der Waals surface area contributed by atoms with Gasteiger partial charge in [-0.2, -0.15) is 0 Å². The maximum absolute atomic E-state index is 15.0. The van der Waals surface area contributed by atoms with Crippen molar-refractivity contribution in [2.75, 3.05) is 13.2 Å². The molecule has 1 heterocycles. The summed E-state index contributed by atoms with van der Waals surface area (Å²) in [5.41, 5.74) is 3.21. The lowest BCUT2D eigenvalue weighted by Crippen LogP contribution is -2.31. The molecule has 0 amide bonds. The van der Waals surface area contributed by atoms with Gasteiger partial charge in [0.05, 0.1) is 13.2 Å². The Kier molecular flexibility index (Phi) is 7.86. The van der Waals surface area contributed by atoms with E-state index in [1.54, 1.807) is 49.4 Å². The first-order valence-corrected chi connectivity index (χ1v) is 11.7. The largest absolute Gasteiger partial charge is 0.352 e. The molecular weight excluding hydrogens is 437 g/mol. The minimum absolute atomic E-state index is 0.154. The quantitative estimate of drug-likeness (QED) is 0.331. The molecule has 0 spiro atoms. The highest BCUT2D eigenvalue weighted by Gasteiger charge is 2.25. The van der Waals surface area contributed by atoms with E-state index in [2.05, 4.69) is 6.08 Å². The molecule has 0 aliphatic carbocycles. The Morgan fingerprint density at radius 2 is 1.53 bits per heavy atom. The molecule has 0 N–H and O–H groups in total. The maximum atomic E-state index is 15.0. The second kappa shape index (κ2) is 11.0. The highest BCUT2D eigenvalue weighted by atomic mass is 19.2. The van der Waals surface area contributed by atoms with Crippen LogP contribution in [-0.4, -0.2) is 19.5 Å². The van der Waals surface area contributed by atoms with Crippen molar-refractivity contribution in [3.63, 3.8) is 0 Å². The normalized spacial score (nSPS) is 18.5. The molecule has 5 heteroatoms. The summed E-state index contributed by atoms with van der Waals surface area (Å²) >= 11 is 0. The average molecular weight is 467 g/mol. The van der Waals surface area contributed by atoms with Crippen molar-refractivity contribution < 1.29 is 22.6 Å². The predicted molar refractivity (Wildman–Crippen MR) is 129 cm³/mol. The van der Waals surface area contributed by atoms with E-state index in [1.807, 2.05) is 19.1 Å². The van der Waals surface area contributed by atoms with Crippen LogP contribution in [0, 0.1) is 17.5 Å². The van der Waals surface area contributed by atoms with Gasteiger partial charge in [0.15, 0.2) is 17.9 Å². The molecule has 0 radical (unpaired) electrons. The summed E-state index contributed by atoms with van der Waals surface area (Å²) < 4.78 is 55.2. The maximum Gasteiger partial charge on any atom is 0.166 e. The summed E-state index contributed by atoms with van der Waals surface area (Å²) in [5.74, 6) is -2.11. The number of ether oxygens (including phenoxy) is 2. The molecule has 4 rings (SSSR count). The van der Waals surface area contributed by atoms with Crippen LogP contribution in [-0.2, 0) is 15.9 Å². The molecule has 0 saturated carbocycles. The zero-order chi connectivity index (χ0) is 24.1. The molecule has 3 aromatic carbocycles. The number of rotatable bonds is 7. The van der Waals surface area contributed by atoms with Gasteiger partial charge >= 0.3 is 0 Å². The molecule has 1 saturated heterocycles. The van der Waals surface area contributed by atoms with Gasteiger partial charge < -0.3 is 9.47 Å². The first-order valence-electron chi connectivity index (χ1n) is 11.7. The summed E-state index contributed by atoms with van der Waals surface area (Å²) in [6.45, 7) is 4.61. The van der Waals surface area contributed by atoms with Crippen LogP contribution in [0.1, 0.15) is 43.7 Å². The molecule has 0 aromatic heterocycles. The van der Waals surface area contributed by atoms with E-state index in [4.69, 9.17) is 9.47 Å². The summed E-state index contributed by atoms with van der Waals surface area (Å²) in [4.78, 5) is 0. The van der Waals surface area contributed by atoms with Gasteiger partial charge in [0.25, 0.3) is 0 Å². The zero-order valence-electron chi connectivity index (χ0n) is 19.5. The summed E-state index contributed by atoms with van der Waals surface area (Å²) in [5, 5.41) is 0. The zero-order valence-corrected chi connectivity index (χ0v) is 19.5. The van der Waals surface area contributed by atoms with Crippen LogP contribution in [0.2, 0.25) is 0 Å². The minimum Gasteiger partial charge on any atom is -0.352 e. The van der Waals surface area contributed by atoms with Gasteiger partial charge in [0.1, 0.15) is 5.82 Å². The lowest BCUT2D eigenvalue weighted by Gasteiger charge is -2.29. The van der Waals surface area contributed by atoms with E-state index in [0.29, 0.717) is 41.9 Å². The van der Waals surface area contributed by atoms with E-state index in [1.165, 1.54) is 6.07 Å². The Balaban J connectivity index is 1.46. The Hall–Kier alpha value is -2.89. The number of benzene rings is 3. The van der Waals surface area contributed by atoms with Crippen LogP contribution in [0.15, 0.2) is 66.7 Å². The third-order valence-electron chi connectivity index (χ3n) is 6.28. The third-order valence-corrected chi connectivity index (χ3v) is 6.28. The highest BCUT2D eigenvalue weighted by molar-refractivity contribution is 5.71. The van der Waals surface area contributed by atoms with Crippen molar-refractivity contribution in [3.8, 4) is 22.3 Å². The monoisotopic (exact) mass is 466 g/mol. The van der Waals surface area contributed by atoms with Crippen molar-refractivity contribution in [1.29, 1.82) is 0 Å². The Bertz CT molecular complexity index is 1150. The highest BCUT2D eigenvalue weighted by Crippen LogP contribution is 2.32. The molecule has 0 unspecified atom stereocenters. The van der Waals surface area contributed by atoms with Crippen LogP contribution in [0.4, 0.5) is 13.2 Å². The molecule has 3 aromatic rings. The molecule has 0 atom stereocenters. The lowest BCUT2D eigenvalue weighted by atomic mass is 9.95. The van der Waals surface area contributed by atoms with Gasteiger partial charge in [-0.15, -0.1) is 0 Å². The molecule has 1 fully saturated rings. The van der Waals surface area contributed by atoms with Gasteiger partial charge in [0.2, 0.25) is 0 Å². The molecule has 1 aliphatic rings. The Morgan fingerprint density at radius 3 is 2.18 bits per heavy atom. The van der Waals surface area contributed by atoms with Crippen LogP contribution >= 0.6 is 0 Å². The predicted octanol–water partition coefficient (Wildman–Crippen LogP) is 7.81. The van der Waals surface area contributed by atoms with Crippen LogP contribution in [0.3, 0.4) is 0 Å². The molecular formula is C29H29F3O2. The molecule has 178 valence electrons. The first-order chi connectivity index (χ1) is 16.5. The van der Waals surface area contributed by atoms with Crippen molar-refractivity contribution in [1.82, 2.24) is 0 Å². The number of hydrogen-bond acceptors (Lipinski definition) is 2. The van der Waals surface area contributed by atoms with Crippen LogP contribution < -0.4 is 0 Å². The summed E-state index contributed by atoms with van der Waals surface area (Å²) in [7, 11) is 0. The topological polar surface area (TPSA) is 18.5 Å². The SMILES string of the molecule is CC=CCCC1OCC(c2ccc(-c3ccc(-c4ccc(CC)c(F)c4F)cc3)cc2F)CO1. The fourth-order valence-electron chi connectivity index (χ4n) is 4.25. The standard InChI is InChI=1S/C29H29F3O2/c1-3-5-6-7-27-33-17-23(18-34-27)24-14-13-22(16-26(24)30)20-8-10-21(11-9-20)25-15-12-19(4-2)28(31)29(25)32/h3,5,8-16,23,27H,4,6-7,17-18H2,1-2H3. The van der Waals surface area contributed by atoms with Gasteiger partial charge in [-0.25, -0.2) is 13.2 Å². The van der Waals surface area contributed by atoms with E-state index in [9.17, 15) is 13.2 Å². The molecule has 1 aliphatic heterocycles. The second-order valence-corrected chi connectivity index (χ2v) is 8.51. The van der Waals surface area contributed by atoms with Crippen molar-refractivity contribution in [2.45, 2.75) is 45.3 Å². The van der Waals surface area contributed by atoms with E-state index >= 15 is 0 Å². The van der Waals surface area contributed by atoms with E-state index in [-0.39, 0.29) is 23.6 Å². The number of allylic oxidation sites excluding steroid dienone is 2. The first kappa shape index (κ1) is 24.2. The van der Waals surface area contributed by atoms with E-state index in [0.717, 1.165) is 18.4 Å². The second-order valence-electron chi connectivity index (χ2n) is 8.51. The third kappa shape index (κ3) is 5.26. The van der Waals surface area contributed by atoms with Crippen molar-refractivity contribution in [3.05, 3.63) is 95.3 Å². The smallest absolute Gasteiger partial charge is 0.166 e. The van der Waals surface area contributed by atoms with Crippen LogP contribution in [0.5, 0.6) is 0 Å². The average Bonchev–Trinajstić information content (AvgIpc) is 2.86. The number of aryl methyl sites for hydroxylation is 1. The van der Waals surface area contributed by atoms with Gasteiger partial charge in [-0.3, -0.25) is 0 Å². The van der Waals surface area contributed by atoms with Gasteiger partial charge in [-0.1, -0.05) is 67.6 Å². The minimum atomic E-state index is -0.844. The Morgan fingerprint density at radius 1 is 0.853 bits per heavy atom. The molecule has 34 heavy (non-hydrogen) atoms. The summed E-state index contributed by atoms with van der Waals surface area (Å²) in [6, 6.07) is 15.4. The van der Waals surface area contributed by atoms with Gasteiger partial charge in [-0.05, 0) is 53.6 Å². The van der Waals surface area contributed by atoms with Gasteiger partial charge in [0, 0.05) is 17.9 Å². The summed E-state index contributed by atoms with van der Waals surface area (Å²) in [6.07, 6.45) is 5.93. The fraction of sp³-hybridized carbons (Fsp3) is 0.310. The lowest BCUT2D eigenvalue weighted by molar-refractivity contribution is -0.189. The molecule has 0 bridgehead atoms. The van der Waals surface area contributed by atoms with Crippen molar-refractivity contribution >= 4 is 0 Å².